The molecule has 2 heterocycles. The average molecular weight is 266 g/mol. The lowest BCUT2D eigenvalue weighted by atomic mass is 10.1. The van der Waals surface area contributed by atoms with Crippen LogP contribution < -0.4 is 15.4 Å². The van der Waals surface area contributed by atoms with Crippen LogP contribution in [0.4, 0.5) is 5.82 Å². The normalized spacial score (nSPS) is 16.6. The lowest BCUT2D eigenvalue weighted by molar-refractivity contribution is 0.0365. The zero-order valence-corrected chi connectivity index (χ0v) is 11.4. The van der Waals surface area contributed by atoms with Crippen molar-refractivity contribution in [2.45, 2.75) is 25.4 Å². The molecule has 1 aromatic heterocycles. The fraction of sp³-hybridized carbons (Fsp3) is 0.692. The van der Waals surface area contributed by atoms with E-state index in [1.165, 1.54) is 6.33 Å². The maximum absolute atomic E-state index is 5.79. The minimum atomic E-state index is 0.353. The van der Waals surface area contributed by atoms with Gasteiger partial charge in [0.25, 0.3) is 0 Å². The summed E-state index contributed by atoms with van der Waals surface area (Å²) in [5.41, 5.74) is 5.46. The number of hydrogen-bond donors (Lipinski definition) is 1. The lowest BCUT2D eigenvalue weighted by Crippen LogP contribution is -2.37. The van der Waals surface area contributed by atoms with Crippen molar-refractivity contribution in [1.82, 2.24) is 9.97 Å². The van der Waals surface area contributed by atoms with Gasteiger partial charge in [0.05, 0.1) is 13.2 Å². The van der Waals surface area contributed by atoms with Gasteiger partial charge in [0.15, 0.2) is 0 Å². The largest absolute Gasteiger partial charge is 0.481 e. The van der Waals surface area contributed by atoms with Gasteiger partial charge in [0.1, 0.15) is 12.1 Å². The minimum Gasteiger partial charge on any atom is -0.481 e. The fourth-order valence-corrected chi connectivity index (χ4v) is 2.20. The molecule has 1 fully saturated rings. The Morgan fingerprint density at radius 3 is 2.84 bits per heavy atom. The number of nitrogens with zero attached hydrogens (tertiary/aromatic N) is 3. The van der Waals surface area contributed by atoms with E-state index in [1.54, 1.807) is 7.11 Å². The van der Waals surface area contributed by atoms with E-state index in [0.717, 1.165) is 44.8 Å². The quantitative estimate of drug-likeness (QED) is 0.768. The highest BCUT2D eigenvalue weighted by atomic mass is 16.5. The number of piperidine rings is 1. The van der Waals surface area contributed by atoms with Crippen LogP contribution in [0, 0.1) is 0 Å². The van der Waals surface area contributed by atoms with E-state index in [1.807, 2.05) is 6.07 Å². The van der Waals surface area contributed by atoms with Gasteiger partial charge in [-0.15, -0.1) is 0 Å². The Labute approximate surface area is 113 Å². The van der Waals surface area contributed by atoms with Gasteiger partial charge in [-0.3, -0.25) is 0 Å². The van der Waals surface area contributed by atoms with E-state index >= 15 is 0 Å². The van der Waals surface area contributed by atoms with Gasteiger partial charge in [0, 0.05) is 25.8 Å². The van der Waals surface area contributed by atoms with E-state index in [4.69, 9.17) is 15.2 Å². The summed E-state index contributed by atoms with van der Waals surface area (Å²) in [6.07, 6.45) is 4.88. The summed E-state index contributed by atoms with van der Waals surface area (Å²) in [5.74, 6) is 1.53. The number of hydrogen-bond acceptors (Lipinski definition) is 6. The Hall–Kier alpha value is -1.40. The van der Waals surface area contributed by atoms with Gasteiger partial charge in [-0.25, -0.2) is 9.97 Å². The van der Waals surface area contributed by atoms with E-state index in [-0.39, 0.29) is 0 Å². The van der Waals surface area contributed by atoms with Gasteiger partial charge in [-0.1, -0.05) is 0 Å². The van der Waals surface area contributed by atoms with Gasteiger partial charge < -0.3 is 20.1 Å². The number of anilines is 1. The van der Waals surface area contributed by atoms with Crippen molar-refractivity contribution in [3.8, 4) is 5.88 Å². The predicted molar refractivity (Wildman–Crippen MR) is 73.4 cm³/mol. The van der Waals surface area contributed by atoms with Crippen LogP contribution in [0.15, 0.2) is 12.4 Å². The van der Waals surface area contributed by atoms with Crippen LogP contribution >= 0.6 is 0 Å². The number of ether oxygens (including phenoxy) is 2. The molecule has 106 valence electrons. The first kappa shape index (κ1) is 14.0. The van der Waals surface area contributed by atoms with Crippen LogP contribution in [0.1, 0.15) is 19.3 Å². The summed E-state index contributed by atoms with van der Waals surface area (Å²) >= 11 is 0. The van der Waals surface area contributed by atoms with E-state index in [9.17, 15) is 0 Å². The van der Waals surface area contributed by atoms with Crippen LogP contribution in [-0.2, 0) is 4.74 Å². The predicted octanol–water partition coefficient (Wildman–Crippen LogP) is 0.819. The second-order valence-corrected chi connectivity index (χ2v) is 4.62. The molecule has 6 heteroatoms. The molecule has 1 aromatic rings. The molecule has 0 bridgehead atoms. The molecule has 2 N–H and O–H groups in total. The third-order valence-electron chi connectivity index (χ3n) is 3.30. The van der Waals surface area contributed by atoms with Crippen molar-refractivity contribution >= 4 is 5.82 Å². The monoisotopic (exact) mass is 266 g/mol. The molecule has 0 saturated carbocycles. The smallest absolute Gasteiger partial charge is 0.218 e. The number of rotatable bonds is 6. The van der Waals surface area contributed by atoms with Crippen LogP contribution in [0.2, 0.25) is 0 Å². The van der Waals surface area contributed by atoms with Crippen molar-refractivity contribution in [1.29, 1.82) is 0 Å². The molecule has 0 aromatic carbocycles. The molecule has 0 aliphatic carbocycles. The Balaban J connectivity index is 1.82. The van der Waals surface area contributed by atoms with Crippen molar-refractivity contribution in [3.63, 3.8) is 0 Å². The Kier molecular flexibility index (Phi) is 5.35. The molecule has 19 heavy (non-hydrogen) atoms. The van der Waals surface area contributed by atoms with Gasteiger partial charge in [0.2, 0.25) is 5.88 Å². The summed E-state index contributed by atoms with van der Waals surface area (Å²) < 4.78 is 10.9. The molecule has 0 atom stereocenters. The number of aromatic nitrogens is 2. The Morgan fingerprint density at radius 1 is 1.37 bits per heavy atom. The molecule has 1 aliphatic rings. The molecule has 1 aliphatic heterocycles. The zero-order valence-electron chi connectivity index (χ0n) is 11.4. The van der Waals surface area contributed by atoms with Gasteiger partial charge in [-0.2, -0.15) is 0 Å². The van der Waals surface area contributed by atoms with Crippen molar-refractivity contribution in [3.05, 3.63) is 12.4 Å². The van der Waals surface area contributed by atoms with Crippen molar-refractivity contribution < 1.29 is 9.47 Å². The lowest BCUT2D eigenvalue weighted by Gasteiger charge is -2.32. The van der Waals surface area contributed by atoms with Crippen molar-refractivity contribution in [2.24, 2.45) is 5.73 Å². The summed E-state index contributed by atoms with van der Waals surface area (Å²) in [6.45, 7) is 3.36. The highest BCUT2D eigenvalue weighted by molar-refractivity contribution is 5.41. The highest BCUT2D eigenvalue weighted by Crippen LogP contribution is 2.21. The van der Waals surface area contributed by atoms with Crippen molar-refractivity contribution in [2.75, 3.05) is 38.3 Å². The van der Waals surface area contributed by atoms with Crippen LogP contribution in [-0.4, -0.2) is 49.4 Å². The average Bonchev–Trinajstić information content (AvgIpc) is 2.48. The second kappa shape index (κ2) is 7.25. The summed E-state index contributed by atoms with van der Waals surface area (Å²) in [7, 11) is 1.61. The molecule has 6 nitrogen and oxygen atoms in total. The highest BCUT2D eigenvalue weighted by Gasteiger charge is 2.20. The maximum atomic E-state index is 5.79. The van der Waals surface area contributed by atoms with E-state index in [0.29, 0.717) is 18.5 Å². The first-order chi connectivity index (χ1) is 9.33. The SMILES string of the molecule is COc1cc(N2CCC(OCCCN)CC2)ncn1. The van der Waals surface area contributed by atoms with Crippen LogP contribution in [0.25, 0.3) is 0 Å². The number of nitrogens with two attached hydrogens (primary N) is 1. The topological polar surface area (TPSA) is 73.5 Å². The van der Waals surface area contributed by atoms with Gasteiger partial charge in [-0.05, 0) is 25.8 Å². The first-order valence-corrected chi connectivity index (χ1v) is 6.76. The zero-order chi connectivity index (χ0) is 13.5. The fourth-order valence-electron chi connectivity index (χ4n) is 2.20. The first-order valence-electron chi connectivity index (χ1n) is 6.76. The molecule has 0 radical (unpaired) electrons. The summed E-state index contributed by atoms with van der Waals surface area (Å²) in [5, 5.41) is 0. The minimum absolute atomic E-state index is 0.353. The summed E-state index contributed by atoms with van der Waals surface area (Å²) in [4.78, 5) is 10.6. The third kappa shape index (κ3) is 4.04. The summed E-state index contributed by atoms with van der Waals surface area (Å²) in [6, 6.07) is 1.87. The van der Waals surface area contributed by atoms with Gasteiger partial charge >= 0.3 is 0 Å². The molecule has 0 unspecified atom stereocenters. The molecular formula is C13H22N4O2. The molecule has 0 amide bonds. The Bertz CT molecular complexity index is 381. The van der Waals surface area contributed by atoms with Crippen LogP contribution in [0.5, 0.6) is 5.88 Å². The van der Waals surface area contributed by atoms with E-state index < -0.39 is 0 Å². The van der Waals surface area contributed by atoms with Crippen LogP contribution in [0.3, 0.4) is 0 Å². The molecular weight excluding hydrogens is 244 g/mol. The van der Waals surface area contributed by atoms with E-state index in [2.05, 4.69) is 14.9 Å². The molecule has 0 spiro atoms. The molecule has 1 saturated heterocycles. The third-order valence-corrected chi connectivity index (χ3v) is 3.30. The second-order valence-electron chi connectivity index (χ2n) is 4.62. The number of methoxy groups -OCH3 is 1. The molecule has 2 rings (SSSR count). The maximum Gasteiger partial charge on any atom is 0.218 e. The Morgan fingerprint density at radius 2 is 2.16 bits per heavy atom. The standard InChI is InChI=1S/C13H22N4O2/c1-18-13-9-12(15-10-16-13)17-6-3-11(4-7-17)19-8-2-5-14/h9-11H,2-8,14H2,1H3.